The molecule has 0 bridgehead atoms. The number of anilines is 1. The van der Waals surface area contributed by atoms with Gasteiger partial charge in [0, 0.05) is 22.5 Å². The van der Waals surface area contributed by atoms with E-state index in [1.807, 2.05) is 19.9 Å². The van der Waals surface area contributed by atoms with Crippen LogP contribution in [0.1, 0.15) is 27.3 Å². The molecule has 0 saturated heterocycles. The summed E-state index contributed by atoms with van der Waals surface area (Å²) in [5.41, 5.74) is 2.79. The number of benzene rings is 3. The fourth-order valence-corrected chi connectivity index (χ4v) is 4.04. The molecule has 3 aromatic carbocycles. The second kappa shape index (κ2) is 10.5. The lowest BCUT2D eigenvalue weighted by molar-refractivity contribution is 0.102. The third-order valence-corrected chi connectivity index (χ3v) is 5.88. The molecule has 2 heterocycles. The molecule has 0 radical (unpaired) electrons. The van der Waals surface area contributed by atoms with Crippen LogP contribution in [0.4, 0.5) is 22.9 Å². The van der Waals surface area contributed by atoms with E-state index in [2.05, 4.69) is 35.5 Å². The lowest BCUT2D eigenvalue weighted by Crippen LogP contribution is -2.12. The number of phenols is 1. The van der Waals surface area contributed by atoms with E-state index >= 15 is 0 Å². The van der Waals surface area contributed by atoms with Crippen LogP contribution >= 0.6 is 0 Å². The molecule has 0 aliphatic carbocycles. The van der Waals surface area contributed by atoms with Crippen LogP contribution in [-0.2, 0) is 6.61 Å². The topological polar surface area (TPSA) is 142 Å². The van der Waals surface area contributed by atoms with Gasteiger partial charge in [0.1, 0.15) is 5.69 Å². The van der Waals surface area contributed by atoms with Gasteiger partial charge < -0.3 is 15.5 Å². The molecule has 0 spiro atoms. The van der Waals surface area contributed by atoms with Gasteiger partial charge in [0.2, 0.25) is 0 Å². The van der Waals surface area contributed by atoms with Crippen molar-refractivity contribution in [2.45, 2.75) is 20.5 Å². The molecule has 1 amide bonds. The largest absolute Gasteiger partial charge is 0.505 e. The number of carbonyl (C=O) groups excluding carboxylic acids is 1. The fraction of sp³-hybridized carbons (Fsp3) is 0.107. The van der Waals surface area contributed by atoms with Crippen molar-refractivity contribution >= 4 is 39.6 Å². The monoisotopic (exact) mass is 518 g/mol. The minimum atomic E-state index is -0.554. The molecule has 11 heteroatoms. The number of azo groups is 1. The van der Waals surface area contributed by atoms with Gasteiger partial charge in [-0.2, -0.15) is 9.78 Å². The molecule has 5 rings (SSSR count). The van der Waals surface area contributed by atoms with E-state index in [9.17, 15) is 15.0 Å². The van der Waals surface area contributed by atoms with Crippen LogP contribution in [0.3, 0.4) is 0 Å². The van der Waals surface area contributed by atoms with Crippen LogP contribution in [0.2, 0.25) is 0 Å². The number of aromatic hydroxyl groups is 1. The summed E-state index contributed by atoms with van der Waals surface area (Å²) >= 11 is 0. The second-order valence-corrected chi connectivity index (χ2v) is 8.68. The Kier molecular flexibility index (Phi) is 6.77. The summed E-state index contributed by atoms with van der Waals surface area (Å²) in [7, 11) is 0. The van der Waals surface area contributed by atoms with Crippen LogP contribution in [0.25, 0.3) is 21.6 Å². The Morgan fingerprint density at radius 2 is 1.77 bits per heavy atom. The van der Waals surface area contributed by atoms with E-state index in [0.717, 1.165) is 0 Å². The van der Waals surface area contributed by atoms with Crippen LogP contribution in [-0.4, -0.2) is 35.9 Å². The third kappa shape index (κ3) is 5.04. The molecule has 3 N–H and O–H groups in total. The molecule has 0 fully saturated rings. The van der Waals surface area contributed by atoms with Crippen molar-refractivity contribution in [3.8, 4) is 11.7 Å². The van der Waals surface area contributed by atoms with Crippen LogP contribution in [0.15, 0.2) is 77.1 Å². The van der Waals surface area contributed by atoms with Crippen LogP contribution < -0.4 is 5.32 Å². The zero-order valence-corrected chi connectivity index (χ0v) is 21.0. The first-order chi connectivity index (χ1) is 18.9. The summed E-state index contributed by atoms with van der Waals surface area (Å²) in [5, 5.41) is 37.2. The molecule has 0 saturated carbocycles. The second-order valence-electron chi connectivity index (χ2n) is 8.68. The molecule has 0 atom stereocenters. The molecule has 0 aliphatic rings. The smallest absolute Gasteiger partial charge is 0.259 e. The number of phenolic OH excluding ortho intramolecular Hbond substituents is 1. The first-order valence-electron chi connectivity index (χ1n) is 11.8. The maximum Gasteiger partial charge on any atom is 0.259 e. The Morgan fingerprint density at radius 1 is 1.05 bits per heavy atom. The number of rotatable bonds is 6. The first kappa shape index (κ1) is 25.2. The predicted molar refractivity (Wildman–Crippen MR) is 145 cm³/mol. The maximum atomic E-state index is 13.2. The Hall–Kier alpha value is -5.47. The number of aliphatic hydroxyl groups excluding tert-OH is 1. The molecule has 39 heavy (non-hydrogen) atoms. The number of nitrogens with zero attached hydrogens (tertiary/aromatic N) is 7. The Labute approximate surface area is 223 Å². The van der Waals surface area contributed by atoms with Crippen LogP contribution in [0, 0.1) is 20.4 Å². The van der Waals surface area contributed by atoms with Gasteiger partial charge in [-0.25, -0.2) is 14.8 Å². The number of hydrogen-bond acceptors (Lipinski definition) is 8. The lowest BCUT2D eigenvalue weighted by atomic mass is 10.0. The molecule has 0 aliphatic heterocycles. The van der Waals surface area contributed by atoms with Crippen molar-refractivity contribution in [3.05, 3.63) is 101 Å². The van der Waals surface area contributed by atoms with E-state index in [4.69, 9.17) is 6.57 Å². The van der Waals surface area contributed by atoms with Gasteiger partial charge in [-0.15, -0.1) is 10.2 Å². The minimum absolute atomic E-state index is 0.00885. The number of aromatic nitrogens is 4. The molecular weight excluding hydrogens is 496 g/mol. The maximum absolute atomic E-state index is 13.2. The quantitative estimate of drug-likeness (QED) is 0.190. The summed E-state index contributed by atoms with van der Waals surface area (Å²) in [6.07, 6.45) is 1.34. The van der Waals surface area contributed by atoms with Crippen molar-refractivity contribution in [1.82, 2.24) is 19.7 Å². The number of aryl methyl sites for hydroxylation is 2. The van der Waals surface area contributed by atoms with Crippen LogP contribution in [0.5, 0.6) is 5.75 Å². The summed E-state index contributed by atoms with van der Waals surface area (Å²) in [5.74, 6) is -0.620. The van der Waals surface area contributed by atoms with Gasteiger partial charge in [-0.05, 0) is 49.1 Å². The molecule has 11 nitrogen and oxygen atoms in total. The van der Waals surface area contributed by atoms with Crippen molar-refractivity contribution in [3.63, 3.8) is 0 Å². The third-order valence-electron chi connectivity index (χ3n) is 5.88. The average molecular weight is 519 g/mol. The highest BCUT2D eigenvalue weighted by molar-refractivity contribution is 6.11. The molecule has 5 aromatic rings. The number of hydrogen-bond donors (Lipinski definition) is 3. The number of carbonyl (C=O) groups is 1. The number of fused-ring (bicyclic) bond motifs is 1. The van der Waals surface area contributed by atoms with Gasteiger partial charge in [0.25, 0.3) is 17.5 Å². The Morgan fingerprint density at radius 3 is 2.46 bits per heavy atom. The van der Waals surface area contributed by atoms with Crippen molar-refractivity contribution in [1.29, 1.82) is 0 Å². The standard InChI is InChI=1S/C28H22N8O3/c1-16-12-17(2)32-28(31-16)36-26(23(29-3)14-30-36)35-34-24-21-7-5-4-6-19(21)13-22(25(24)38)27(39)33-20-10-8-18(15-37)9-11-20/h4-14,37-38H,15H2,1-2H3,(H,33,39). The zero-order valence-electron chi connectivity index (χ0n) is 21.0. The lowest BCUT2D eigenvalue weighted by Gasteiger charge is -2.11. The summed E-state index contributed by atoms with van der Waals surface area (Å²) < 4.78 is 1.31. The van der Waals surface area contributed by atoms with E-state index in [0.29, 0.717) is 33.4 Å². The van der Waals surface area contributed by atoms with Gasteiger partial charge in [0.05, 0.1) is 24.9 Å². The van der Waals surface area contributed by atoms with Crippen molar-refractivity contribution in [2.75, 3.05) is 5.32 Å². The number of aliphatic hydroxyl groups is 1. The summed E-state index contributed by atoms with van der Waals surface area (Å²) in [4.78, 5) is 25.4. The number of nitrogens with one attached hydrogen (secondary N) is 1. The fourth-order valence-electron chi connectivity index (χ4n) is 4.04. The molecule has 192 valence electrons. The molecule has 2 aromatic heterocycles. The number of amides is 1. The van der Waals surface area contributed by atoms with Gasteiger partial charge in [-0.1, -0.05) is 36.4 Å². The van der Waals surface area contributed by atoms with E-state index in [1.165, 1.54) is 10.9 Å². The first-order valence-corrected chi connectivity index (χ1v) is 11.8. The van der Waals surface area contributed by atoms with Crippen molar-refractivity contribution in [2.24, 2.45) is 10.2 Å². The van der Waals surface area contributed by atoms with E-state index < -0.39 is 5.91 Å². The normalized spacial score (nSPS) is 11.1. The highest BCUT2D eigenvalue weighted by Gasteiger charge is 2.20. The minimum Gasteiger partial charge on any atom is -0.505 e. The Balaban J connectivity index is 1.59. The van der Waals surface area contributed by atoms with Gasteiger partial charge >= 0.3 is 0 Å². The van der Waals surface area contributed by atoms with E-state index in [1.54, 1.807) is 54.6 Å². The molecular formula is C28H22N8O3. The SMILES string of the molecule is [C-]#[N+]c1cnn(-c2nc(C)cc(C)n2)c1N=Nc1c(O)c(C(=O)Nc2ccc(CO)cc2)cc2ccccc12. The average Bonchev–Trinajstić information content (AvgIpc) is 3.35. The Bertz CT molecular complexity index is 1770. The molecule has 0 unspecified atom stereocenters. The highest BCUT2D eigenvalue weighted by atomic mass is 16.3. The summed E-state index contributed by atoms with van der Waals surface area (Å²) in [6.45, 7) is 11.1. The highest BCUT2D eigenvalue weighted by Crippen LogP contribution is 2.40. The van der Waals surface area contributed by atoms with E-state index in [-0.39, 0.29) is 41.1 Å². The van der Waals surface area contributed by atoms with Crippen molar-refractivity contribution < 1.29 is 15.0 Å². The van der Waals surface area contributed by atoms with Gasteiger partial charge in [-0.3, -0.25) is 4.79 Å². The zero-order chi connectivity index (χ0) is 27.5. The predicted octanol–water partition coefficient (Wildman–Crippen LogP) is 5.85. The van der Waals surface area contributed by atoms with Gasteiger partial charge in [0.15, 0.2) is 11.6 Å². The summed E-state index contributed by atoms with van der Waals surface area (Å²) in [6, 6.07) is 17.2.